The first-order chi connectivity index (χ1) is 10.1. The first kappa shape index (κ1) is 15.3. The van der Waals surface area contributed by atoms with Crippen molar-refractivity contribution in [3.8, 4) is 5.75 Å². The highest BCUT2D eigenvalue weighted by molar-refractivity contribution is 7.12. The van der Waals surface area contributed by atoms with E-state index >= 15 is 0 Å². The van der Waals surface area contributed by atoms with Gasteiger partial charge in [0.2, 0.25) is 5.91 Å². The summed E-state index contributed by atoms with van der Waals surface area (Å²) in [6, 6.07) is 8.39. The van der Waals surface area contributed by atoms with Crippen molar-refractivity contribution in [2.75, 3.05) is 11.9 Å². The van der Waals surface area contributed by atoms with E-state index in [-0.39, 0.29) is 29.6 Å². The molecule has 0 spiro atoms. The van der Waals surface area contributed by atoms with Gasteiger partial charge in [0.15, 0.2) is 4.88 Å². The van der Waals surface area contributed by atoms with Gasteiger partial charge in [-0.2, -0.15) is 0 Å². The molecule has 7 heteroatoms. The lowest BCUT2D eigenvalue weighted by Crippen LogP contribution is -2.15. The van der Waals surface area contributed by atoms with E-state index in [4.69, 9.17) is 21.4 Å². The Labute approximate surface area is 130 Å². The SMILES string of the molecule is O=C(CCOc1ccsc1C(=O)O)Nc1cccc(Cl)c1. The molecule has 1 amide bonds. The Morgan fingerprint density at radius 2 is 2.14 bits per heavy atom. The third-order valence-electron chi connectivity index (χ3n) is 2.52. The number of hydrogen-bond acceptors (Lipinski definition) is 4. The number of carboxylic acid groups (broad SMARTS) is 1. The highest BCUT2D eigenvalue weighted by atomic mass is 35.5. The Bertz CT molecular complexity index is 656. The summed E-state index contributed by atoms with van der Waals surface area (Å²) in [6.07, 6.45) is 0.113. The minimum absolute atomic E-state index is 0.101. The van der Waals surface area contributed by atoms with Gasteiger partial charge in [0, 0.05) is 10.7 Å². The van der Waals surface area contributed by atoms with Gasteiger partial charge in [0.25, 0.3) is 0 Å². The van der Waals surface area contributed by atoms with Gasteiger partial charge in [0.05, 0.1) is 13.0 Å². The van der Waals surface area contributed by atoms with Crippen molar-refractivity contribution in [2.24, 2.45) is 0 Å². The number of carboxylic acids is 1. The average molecular weight is 326 g/mol. The van der Waals surface area contributed by atoms with Gasteiger partial charge >= 0.3 is 5.97 Å². The molecule has 2 N–H and O–H groups in total. The summed E-state index contributed by atoms with van der Waals surface area (Å²) in [5, 5.41) is 13.8. The normalized spacial score (nSPS) is 10.1. The molecule has 0 saturated heterocycles. The number of carbonyl (C=O) groups excluding carboxylic acids is 1. The van der Waals surface area contributed by atoms with Crippen molar-refractivity contribution in [3.05, 3.63) is 45.6 Å². The molecule has 0 unspecified atom stereocenters. The smallest absolute Gasteiger partial charge is 0.349 e. The van der Waals surface area contributed by atoms with Crippen LogP contribution in [0.3, 0.4) is 0 Å². The van der Waals surface area contributed by atoms with E-state index in [0.717, 1.165) is 11.3 Å². The summed E-state index contributed by atoms with van der Waals surface area (Å²) < 4.78 is 5.31. The first-order valence-corrected chi connectivity index (χ1v) is 7.31. The minimum Gasteiger partial charge on any atom is -0.491 e. The second-order valence-corrected chi connectivity index (χ2v) is 5.43. The molecule has 110 valence electrons. The number of rotatable bonds is 6. The van der Waals surface area contributed by atoms with Crippen LogP contribution in [-0.4, -0.2) is 23.6 Å². The number of hydrogen-bond donors (Lipinski definition) is 2. The number of thiophene rings is 1. The molecule has 0 radical (unpaired) electrons. The van der Waals surface area contributed by atoms with Gasteiger partial charge < -0.3 is 15.2 Å². The van der Waals surface area contributed by atoms with Gasteiger partial charge in [-0.25, -0.2) is 4.79 Å². The fraction of sp³-hybridized carbons (Fsp3) is 0.143. The van der Waals surface area contributed by atoms with Crippen LogP contribution in [0.15, 0.2) is 35.7 Å². The van der Waals surface area contributed by atoms with E-state index in [2.05, 4.69) is 5.32 Å². The number of halogens is 1. The van der Waals surface area contributed by atoms with Crippen LogP contribution >= 0.6 is 22.9 Å². The van der Waals surface area contributed by atoms with Gasteiger partial charge in [-0.3, -0.25) is 4.79 Å². The lowest BCUT2D eigenvalue weighted by molar-refractivity contribution is -0.116. The van der Waals surface area contributed by atoms with Crippen molar-refractivity contribution >= 4 is 40.5 Å². The van der Waals surface area contributed by atoms with Crippen LogP contribution in [0.2, 0.25) is 5.02 Å². The second-order valence-electron chi connectivity index (χ2n) is 4.08. The number of aromatic carboxylic acids is 1. The third-order valence-corrected chi connectivity index (χ3v) is 3.64. The maximum Gasteiger partial charge on any atom is 0.349 e. The minimum atomic E-state index is -1.04. The van der Waals surface area contributed by atoms with Crippen LogP contribution < -0.4 is 10.1 Å². The molecular weight excluding hydrogens is 314 g/mol. The van der Waals surface area contributed by atoms with E-state index in [1.54, 1.807) is 35.7 Å². The molecule has 0 aliphatic heterocycles. The Morgan fingerprint density at radius 3 is 2.86 bits per heavy atom. The molecule has 2 rings (SSSR count). The van der Waals surface area contributed by atoms with Crippen LogP contribution in [0.5, 0.6) is 5.75 Å². The quantitative estimate of drug-likeness (QED) is 0.852. The number of anilines is 1. The molecule has 0 aliphatic rings. The predicted octanol–water partition coefficient (Wildman–Crippen LogP) is 3.51. The zero-order chi connectivity index (χ0) is 15.2. The fourth-order valence-electron chi connectivity index (χ4n) is 1.61. The predicted molar refractivity (Wildman–Crippen MR) is 81.5 cm³/mol. The van der Waals surface area contributed by atoms with Crippen LogP contribution in [0, 0.1) is 0 Å². The van der Waals surface area contributed by atoms with Gasteiger partial charge in [-0.05, 0) is 29.6 Å². The number of carbonyl (C=O) groups is 2. The molecule has 0 fully saturated rings. The van der Waals surface area contributed by atoms with Gasteiger partial charge in [-0.15, -0.1) is 11.3 Å². The highest BCUT2D eigenvalue weighted by Gasteiger charge is 2.13. The largest absolute Gasteiger partial charge is 0.491 e. The van der Waals surface area contributed by atoms with Crippen LogP contribution in [0.1, 0.15) is 16.1 Å². The van der Waals surface area contributed by atoms with Crippen LogP contribution in [-0.2, 0) is 4.79 Å². The summed E-state index contributed by atoms with van der Waals surface area (Å²) >= 11 is 6.90. The highest BCUT2D eigenvalue weighted by Crippen LogP contribution is 2.24. The van der Waals surface area contributed by atoms with Crippen molar-refractivity contribution < 1.29 is 19.4 Å². The molecule has 1 aromatic carbocycles. The van der Waals surface area contributed by atoms with E-state index in [1.807, 2.05) is 0 Å². The van der Waals surface area contributed by atoms with Crippen molar-refractivity contribution in [2.45, 2.75) is 6.42 Å². The Morgan fingerprint density at radius 1 is 1.33 bits per heavy atom. The Kier molecular flexibility index (Phi) is 5.19. The lowest BCUT2D eigenvalue weighted by atomic mass is 10.3. The Balaban J connectivity index is 1.82. The van der Waals surface area contributed by atoms with E-state index in [0.29, 0.717) is 10.7 Å². The molecule has 21 heavy (non-hydrogen) atoms. The standard InChI is InChI=1S/C14H12ClNO4S/c15-9-2-1-3-10(8-9)16-12(17)4-6-20-11-5-7-21-13(11)14(18)19/h1-3,5,7-8H,4,6H2,(H,16,17)(H,18,19). The maximum absolute atomic E-state index is 11.7. The van der Waals surface area contributed by atoms with Gasteiger partial charge in [0.1, 0.15) is 5.75 Å². The molecule has 1 aromatic heterocycles. The second kappa shape index (κ2) is 7.10. The molecule has 2 aromatic rings. The Hall–Kier alpha value is -2.05. The van der Waals surface area contributed by atoms with Crippen molar-refractivity contribution in [1.82, 2.24) is 0 Å². The zero-order valence-electron chi connectivity index (χ0n) is 10.8. The summed E-state index contributed by atoms with van der Waals surface area (Å²) in [5.74, 6) is -0.990. The average Bonchev–Trinajstić information content (AvgIpc) is 2.87. The van der Waals surface area contributed by atoms with Crippen molar-refractivity contribution in [1.29, 1.82) is 0 Å². The molecule has 1 heterocycles. The lowest BCUT2D eigenvalue weighted by Gasteiger charge is -2.07. The molecule has 0 saturated carbocycles. The fourth-order valence-corrected chi connectivity index (χ4v) is 2.47. The maximum atomic E-state index is 11.7. The van der Waals surface area contributed by atoms with E-state index < -0.39 is 5.97 Å². The number of benzene rings is 1. The topological polar surface area (TPSA) is 75.6 Å². The van der Waals surface area contributed by atoms with Crippen molar-refractivity contribution in [3.63, 3.8) is 0 Å². The van der Waals surface area contributed by atoms with Crippen LogP contribution in [0.25, 0.3) is 0 Å². The monoisotopic (exact) mass is 325 g/mol. The summed E-state index contributed by atoms with van der Waals surface area (Å²) in [4.78, 5) is 22.7. The number of amides is 1. The van der Waals surface area contributed by atoms with E-state index in [9.17, 15) is 9.59 Å². The summed E-state index contributed by atoms with van der Waals surface area (Å²) in [7, 11) is 0. The van der Waals surface area contributed by atoms with E-state index in [1.165, 1.54) is 0 Å². The molecule has 5 nitrogen and oxygen atoms in total. The summed E-state index contributed by atoms with van der Waals surface area (Å²) in [6.45, 7) is 0.101. The molecule has 0 bridgehead atoms. The number of ether oxygens (including phenoxy) is 1. The number of nitrogens with one attached hydrogen (secondary N) is 1. The van der Waals surface area contributed by atoms with Crippen LogP contribution in [0.4, 0.5) is 5.69 Å². The molecular formula is C14H12ClNO4S. The first-order valence-electron chi connectivity index (χ1n) is 6.05. The van der Waals surface area contributed by atoms with Gasteiger partial charge in [-0.1, -0.05) is 17.7 Å². The zero-order valence-corrected chi connectivity index (χ0v) is 12.4. The summed E-state index contributed by atoms with van der Waals surface area (Å²) in [5.41, 5.74) is 0.606. The molecule has 0 aliphatic carbocycles. The third kappa shape index (κ3) is 4.47. The molecule has 0 atom stereocenters.